The summed E-state index contributed by atoms with van der Waals surface area (Å²) in [5.74, 6) is 0.121. The maximum Gasteiger partial charge on any atom is 0.353 e. The lowest BCUT2D eigenvalue weighted by Crippen LogP contribution is -2.12. The second kappa shape index (κ2) is 6.72. The molecule has 0 aromatic rings. The molecule has 0 saturated carbocycles. The van der Waals surface area contributed by atoms with Crippen molar-refractivity contribution in [2.24, 2.45) is 10.7 Å². The van der Waals surface area contributed by atoms with Crippen LogP contribution in [0.1, 0.15) is 0 Å². The number of aliphatic imine (C=N–C) groups is 1. The molecule has 0 amide bonds. The number of rotatable bonds is 4. The molecule has 0 aliphatic carbocycles. The molecule has 0 bridgehead atoms. The lowest BCUT2D eigenvalue weighted by molar-refractivity contribution is -0.136. The van der Waals surface area contributed by atoms with Gasteiger partial charge in [-0.25, -0.2) is 4.79 Å². The molecule has 0 fully saturated rings. The summed E-state index contributed by atoms with van der Waals surface area (Å²) < 4.78 is 4.37. The van der Waals surface area contributed by atoms with Crippen LogP contribution in [-0.2, 0) is 9.53 Å². The Hall–Kier alpha value is -0.970. The van der Waals surface area contributed by atoms with Crippen molar-refractivity contribution in [3.8, 4) is 0 Å². The van der Waals surface area contributed by atoms with E-state index >= 15 is 0 Å². The molecule has 0 aliphatic heterocycles. The van der Waals surface area contributed by atoms with Crippen LogP contribution in [0.15, 0.2) is 16.8 Å². The highest BCUT2D eigenvalue weighted by Crippen LogP contribution is 1.90. The van der Waals surface area contributed by atoms with Gasteiger partial charge in [-0.05, 0) is 12.3 Å². The van der Waals surface area contributed by atoms with Gasteiger partial charge in [-0.2, -0.15) is 0 Å². The molecule has 0 aromatic carbocycles. The summed E-state index contributed by atoms with van der Waals surface area (Å²) in [5, 5.41) is 0. The van der Waals surface area contributed by atoms with Crippen molar-refractivity contribution in [2.75, 3.05) is 19.2 Å². The third-order valence-corrected chi connectivity index (χ3v) is 1.39. The topological polar surface area (TPSA) is 64.7 Å². The van der Waals surface area contributed by atoms with Crippen molar-refractivity contribution < 1.29 is 9.53 Å². The van der Waals surface area contributed by atoms with E-state index in [1.165, 1.54) is 19.4 Å². The molecule has 5 heteroatoms. The SMILES string of the molecule is COC(=O)/C(N)=C/C=N/CSC. The zero-order chi connectivity index (χ0) is 9.40. The number of allylic oxidation sites excluding steroid dienone is 1. The quantitative estimate of drug-likeness (QED) is 0.394. The molecule has 4 nitrogen and oxygen atoms in total. The van der Waals surface area contributed by atoms with E-state index in [1.807, 2.05) is 6.26 Å². The van der Waals surface area contributed by atoms with Crippen molar-refractivity contribution in [3.05, 3.63) is 11.8 Å². The first kappa shape index (κ1) is 11.0. The predicted octanol–water partition coefficient (Wildman–Crippen LogP) is 0.393. The van der Waals surface area contributed by atoms with Crippen LogP contribution in [0.3, 0.4) is 0 Å². The maximum absolute atomic E-state index is 10.7. The number of ether oxygens (including phenoxy) is 1. The molecule has 12 heavy (non-hydrogen) atoms. The highest BCUT2D eigenvalue weighted by Gasteiger charge is 2.00. The van der Waals surface area contributed by atoms with Gasteiger partial charge in [-0.15, -0.1) is 11.8 Å². The Labute approximate surface area is 75.9 Å². The van der Waals surface area contributed by atoms with Crippen molar-refractivity contribution in [2.45, 2.75) is 0 Å². The molecule has 0 unspecified atom stereocenters. The molecular weight excluding hydrogens is 176 g/mol. The number of methoxy groups -OCH3 is 1. The Bertz CT molecular complexity index is 202. The fourth-order valence-corrected chi connectivity index (χ4v) is 0.672. The zero-order valence-electron chi connectivity index (χ0n) is 7.11. The van der Waals surface area contributed by atoms with Crippen LogP contribution in [0, 0.1) is 0 Å². The standard InChI is InChI=1S/C7H12N2O2S/c1-11-7(10)6(8)3-4-9-5-12-2/h3-4H,5,8H2,1-2H3/b6-3-,9-4+. The molecule has 0 rings (SSSR count). The van der Waals surface area contributed by atoms with Gasteiger partial charge in [0, 0.05) is 6.21 Å². The Morgan fingerprint density at radius 1 is 1.75 bits per heavy atom. The van der Waals surface area contributed by atoms with Gasteiger partial charge in [0.05, 0.1) is 13.0 Å². The van der Waals surface area contributed by atoms with Crippen LogP contribution in [0.2, 0.25) is 0 Å². The summed E-state index contributed by atoms with van der Waals surface area (Å²) in [6.45, 7) is 0. The average Bonchev–Trinajstić information content (AvgIpc) is 2.10. The van der Waals surface area contributed by atoms with Crippen LogP contribution in [-0.4, -0.2) is 31.4 Å². The Morgan fingerprint density at radius 2 is 2.42 bits per heavy atom. The number of esters is 1. The van der Waals surface area contributed by atoms with Crippen molar-refractivity contribution >= 4 is 23.9 Å². The summed E-state index contributed by atoms with van der Waals surface area (Å²) in [4.78, 5) is 14.6. The van der Waals surface area contributed by atoms with Crippen LogP contribution in [0.25, 0.3) is 0 Å². The summed E-state index contributed by atoms with van der Waals surface area (Å²) in [5.41, 5.74) is 5.36. The number of hydrogen-bond acceptors (Lipinski definition) is 5. The molecular formula is C7H12N2O2S. The minimum atomic E-state index is -0.536. The highest BCUT2D eigenvalue weighted by atomic mass is 32.2. The van der Waals surface area contributed by atoms with E-state index in [2.05, 4.69) is 9.73 Å². The molecule has 0 radical (unpaired) electrons. The monoisotopic (exact) mass is 188 g/mol. The minimum absolute atomic E-state index is 0.0577. The second-order valence-electron chi connectivity index (χ2n) is 1.86. The number of carbonyl (C=O) groups is 1. The van der Waals surface area contributed by atoms with Crippen LogP contribution >= 0.6 is 11.8 Å². The van der Waals surface area contributed by atoms with E-state index in [9.17, 15) is 4.79 Å². The molecule has 0 aromatic heterocycles. The fourth-order valence-electron chi connectivity index (χ4n) is 0.436. The van der Waals surface area contributed by atoms with Gasteiger partial charge >= 0.3 is 5.97 Å². The number of nitrogens with zero attached hydrogens (tertiary/aromatic N) is 1. The molecule has 0 heterocycles. The smallest absolute Gasteiger partial charge is 0.353 e. The van der Waals surface area contributed by atoms with E-state index in [0.29, 0.717) is 5.88 Å². The Kier molecular flexibility index (Phi) is 6.18. The van der Waals surface area contributed by atoms with Gasteiger partial charge in [0.15, 0.2) is 0 Å². The second-order valence-corrected chi connectivity index (χ2v) is 2.70. The zero-order valence-corrected chi connectivity index (χ0v) is 7.93. The van der Waals surface area contributed by atoms with Crippen LogP contribution < -0.4 is 5.73 Å². The summed E-state index contributed by atoms with van der Waals surface area (Å²) in [6.07, 6.45) is 4.84. The third-order valence-electron chi connectivity index (χ3n) is 0.984. The predicted molar refractivity (Wildman–Crippen MR) is 51.2 cm³/mol. The van der Waals surface area contributed by atoms with E-state index < -0.39 is 5.97 Å². The Morgan fingerprint density at radius 3 is 2.92 bits per heavy atom. The first-order chi connectivity index (χ1) is 5.72. The molecule has 0 aliphatic rings. The van der Waals surface area contributed by atoms with Gasteiger partial charge < -0.3 is 10.5 Å². The third kappa shape index (κ3) is 4.79. The number of thioether (sulfide) groups is 1. The Balaban J connectivity index is 3.91. The van der Waals surface area contributed by atoms with Crippen molar-refractivity contribution in [1.29, 1.82) is 0 Å². The average molecular weight is 188 g/mol. The normalized spacial score (nSPS) is 12.0. The van der Waals surface area contributed by atoms with Crippen molar-refractivity contribution in [3.63, 3.8) is 0 Å². The van der Waals surface area contributed by atoms with Crippen LogP contribution in [0.4, 0.5) is 0 Å². The molecule has 2 N–H and O–H groups in total. The van der Waals surface area contributed by atoms with Crippen LogP contribution in [0.5, 0.6) is 0 Å². The van der Waals surface area contributed by atoms with E-state index in [0.717, 1.165) is 0 Å². The van der Waals surface area contributed by atoms with Crippen molar-refractivity contribution in [1.82, 2.24) is 0 Å². The fraction of sp³-hybridized carbons (Fsp3) is 0.429. The molecule has 0 atom stereocenters. The summed E-state index contributed by atoms with van der Waals surface area (Å²) in [6, 6.07) is 0. The number of hydrogen-bond donors (Lipinski definition) is 1. The molecule has 0 saturated heterocycles. The van der Waals surface area contributed by atoms with Gasteiger partial charge in [0.1, 0.15) is 5.70 Å². The molecule has 68 valence electrons. The minimum Gasteiger partial charge on any atom is -0.464 e. The number of nitrogens with two attached hydrogens (primary N) is 1. The lowest BCUT2D eigenvalue weighted by atomic mass is 10.4. The highest BCUT2D eigenvalue weighted by molar-refractivity contribution is 7.98. The first-order valence-corrected chi connectivity index (χ1v) is 4.64. The van der Waals surface area contributed by atoms with E-state index in [4.69, 9.17) is 5.73 Å². The van der Waals surface area contributed by atoms with E-state index in [-0.39, 0.29) is 5.70 Å². The number of carbonyl (C=O) groups excluding carboxylic acids is 1. The largest absolute Gasteiger partial charge is 0.464 e. The first-order valence-electron chi connectivity index (χ1n) is 3.25. The summed E-state index contributed by atoms with van der Waals surface area (Å²) >= 11 is 1.58. The van der Waals surface area contributed by atoms with Gasteiger partial charge in [-0.3, -0.25) is 4.99 Å². The van der Waals surface area contributed by atoms with Gasteiger partial charge in [0.2, 0.25) is 0 Å². The summed E-state index contributed by atoms with van der Waals surface area (Å²) in [7, 11) is 1.28. The molecule has 0 spiro atoms. The van der Waals surface area contributed by atoms with E-state index in [1.54, 1.807) is 11.8 Å². The van der Waals surface area contributed by atoms with Gasteiger partial charge in [0.25, 0.3) is 0 Å². The maximum atomic E-state index is 10.7. The lowest BCUT2D eigenvalue weighted by Gasteiger charge is -1.94. The van der Waals surface area contributed by atoms with Gasteiger partial charge in [-0.1, -0.05) is 0 Å².